The Balaban J connectivity index is 2.14. The molecule has 3 aromatic rings. The zero-order chi connectivity index (χ0) is 22.0. The number of fused-ring (bicyclic) bond motifs is 1. The molecule has 0 aromatic carbocycles. The number of methoxy groups -OCH3 is 1. The van der Waals surface area contributed by atoms with Gasteiger partial charge in [-0.25, -0.2) is 15.0 Å². The number of rotatable bonds is 8. The lowest BCUT2D eigenvalue weighted by atomic mass is 10.1. The van der Waals surface area contributed by atoms with Crippen LogP contribution in [-0.2, 0) is 4.79 Å². The van der Waals surface area contributed by atoms with E-state index in [1.807, 2.05) is 26.0 Å². The van der Waals surface area contributed by atoms with E-state index in [1.165, 1.54) is 0 Å². The summed E-state index contributed by atoms with van der Waals surface area (Å²) in [6.45, 7) is 11.0. The molecule has 0 radical (unpaired) electrons. The number of aromatic nitrogens is 4. The van der Waals surface area contributed by atoms with Gasteiger partial charge >= 0.3 is 0 Å². The number of aryl methyl sites for hydroxylation is 2. The molecule has 7 heteroatoms. The van der Waals surface area contributed by atoms with Crippen LogP contribution in [0, 0.1) is 13.8 Å². The van der Waals surface area contributed by atoms with Crippen molar-refractivity contribution in [1.82, 2.24) is 24.4 Å². The first kappa shape index (κ1) is 21.7. The Morgan fingerprint density at radius 1 is 1.20 bits per heavy atom. The minimum Gasteiger partial charge on any atom is -0.480 e. The van der Waals surface area contributed by atoms with Crippen molar-refractivity contribution in [3.63, 3.8) is 0 Å². The van der Waals surface area contributed by atoms with Crippen LogP contribution in [0.15, 0.2) is 18.3 Å². The molecular formula is C23H31N5O2. The number of carbonyl (C=O) groups is 1. The molecule has 0 aliphatic rings. The summed E-state index contributed by atoms with van der Waals surface area (Å²) >= 11 is 0. The maximum atomic E-state index is 11.1. The van der Waals surface area contributed by atoms with Crippen molar-refractivity contribution < 1.29 is 9.53 Å². The zero-order valence-corrected chi connectivity index (χ0v) is 18.9. The minimum absolute atomic E-state index is 0.137. The molecule has 3 rings (SSSR count). The largest absolute Gasteiger partial charge is 0.480 e. The molecule has 7 nitrogen and oxygen atoms in total. The van der Waals surface area contributed by atoms with Gasteiger partial charge in [-0.3, -0.25) is 4.79 Å². The highest BCUT2D eigenvalue weighted by Gasteiger charge is 2.21. The van der Waals surface area contributed by atoms with Crippen molar-refractivity contribution in [2.75, 3.05) is 20.7 Å². The normalized spacial score (nSPS) is 12.4. The van der Waals surface area contributed by atoms with Gasteiger partial charge in [0.25, 0.3) is 0 Å². The quantitative estimate of drug-likeness (QED) is 0.519. The molecule has 0 aliphatic heterocycles. The molecule has 30 heavy (non-hydrogen) atoms. The summed E-state index contributed by atoms with van der Waals surface area (Å²) < 4.78 is 7.73. The van der Waals surface area contributed by atoms with Crippen LogP contribution in [0.5, 0.6) is 5.88 Å². The average molecular weight is 410 g/mol. The van der Waals surface area contributed by atoms with E-state index in [0.717, 1.165) is 52.2 Å². The number of likely N-dealkylation sites (N-methyl/N-ethyl adjacent to an activating group) is 1. The van der Waals surface area contributed by atoms with Crippen molar-refractivity contribution in [2.45, 2.75) is 53.0 Å². The van der Waals surface area contributed by atoms with Crippen LogP contribution < -0.4 is 4.74 Å². The first-order chi connectivity index (χ1) is 14.3. The van der Waals surface area contributed by atoms with E-state index in [4.69, 9.17) is 14.7 Å². The fourth-order valence-corrected chi connectivity index (χ4v) is 3.72. The van der Waals surface area contributed by atoms with Crippen LogP contribution in [0.2, 0.25) is 0 Å². The first-order valence-corrected chi connectivity index (χ1v) is 10.4. The number of hydrogen-bond donors (Lipinski definition) is 0. The fraction of sp³-hybridized carbons (Fsp3) is 0.478. The molecule has 0 saturated heterocycles. The van der Waals surface area contributed by atoms with Gasteiger partial charge in [-0.2, -0.15) is 0 Å². The van der Waals surface area contributed by atoms with Crippen molar-refractivity contribution >= 4 is 17.6 Å². The first-order valence-electron chi connectivity index (χ1n) is 10.4. The maximum Gasteiger partial charge on any atom is 0.222 e. The Bertz CT molecular complexity index is 1060. The molecule has 0 spiro atoms. The molecule has 3 aromatic heterocycles. The topological polar surface area (TPSA) is 73.1 Å². The molecule has 3 heterocycles. The van der Waals surface area contributed by atoms with Gasteiger partial charge < -0.3 is 14.2 Å². The molecule has 1 amide bonds. The van der Waals surface area contributed by atoms with Crippen LogP contribution >= 0.6 is 0 Å². The van der Waals surface area contributed by atoms with E-state index in [1.54, 1.807) is 19.1 Å². The Hall–Kier alpha value is -2.96. The van der Waals surface area contributed by atoms with Gasteiger partial charge in [0.15, 0.2) is 5.65 Å². The van der Waals surface area contributed by atoms with E-state index in [9.17, 15) is 4.79 Å². The van der Waals surface area contributed by atoms with E-state index < -0.39 is 0 Å². The Labute approximate surface area is 178 Å². The SMILES string of the molecule is CC[C@@H](CN(C)C=O)n1cc(C)c2nc(-c3ccc(C(C)C)nc3OC)c(C)nc21. The smallest absolute Gasteiger partial charge is 0.222 e. The lowest BCUT2D eigenvalue weighted by molar-refractivity contribution is -0.117. The molecule has 0 aliphatic carbocycles. The Kier molecular flexibility index (Phi) is 6.39. The second-order valence-electron chi connectivity index (χ2n) is 8.10. The minimum atomic E-state index is 0.137. The van der Waals surface area contributed by atoms with E-state index >= 15 is 0 Å². The molecular weight excluding hydrogens is 378 g/mol. The summed E-state index contributed by atoms with van der Waals surface area (Å²) in [7, 11) is 3.43. The highest BCUT2D eigenvalue weighted by atomic mass is 16.5. The summed E-state index contributed by atoms with van der Waals surface area (Å²) in [5, 5.41) is 0. The lowest BCUT2D eigenvalue weighted by Gasteiger charge is -2.22. The lowest BCUT2D eigenvalue weighted by Crippen LogP contribution is -2.26. The van der Waals surface area contributed by atoms with Crippen LogP contribution in [0.1, 0.15) is 56.1 Å². The number of pyridine rings is 1. The van der Waals surface area contributed by atoms with Gasteiger partial charge in [0.1, 0.15) is 5.52 Å². The summed E-state index contributed by atoms with van der Waals surface area (Å²) in [4.78, 5) is 27.3. The second-order valence-corrected chi connectivity index (χ2v) is 8.10. The van der Waals surface area contributed by atoms with Crippen molar-refractivity contribution in [3.05, 3.63) is 35.3 Å². The third kappa shape index (κ3) is 4.01. The van der Waals surface area contributed by atoms with Gasteiger partial charge in [-0.1, -0.05) is 20.8 Å². The molecule has 160 valence electrons. The molecule has 1 atom stereocenters. The number of hydrogen-bond acceptors (Lipinski definition) is 5. The maximum absolute atomic E-state index is 11.1. The van der Waals surface area contributed by atoms with Gasteiger partial charge in [0.05, 0.1) is 30.1 Å². The van der Waals surface area contributed by atoms with Gasteiger partial charge in [0.2, 0.25) is 12.3 Å². The fourth-order valence-electron chi connectivity index (χ4n) is 3.72. The molecule has 0 N–H and O–H groups in total. The highest BCUT2D eigenvalue weighted by Crippen LogP contribution is 2.33. The van der Waals surface area contributed by atoms with Crippen molar-refractivity contribution in [1.29, 1.82) is 0 Å². The number of nitrogens with zero attached hydrogens (tertiary/aromatic N) is 5. The van der Waals surface area contributed by atoms with Crippen LogP contribution in [-0.4, -0.2) is 51.5 Å². The number of ether oxygens (including phenoxy) is 1. The van der Waals surface area contributed by atoms with Gasteiger partial charge in [-0.05, 0) is 43.9 Å². The summed E-state index contributed by atoms with van der Waals surface area (Å²) in [6.07, 6.45) is 3.83. The van der Waals surface area contributed by atoms with Gasteiger partial charge in [-0.15, -0.1) is 0 Å². The summed E-state index contributed by atoms with van der Waals surface area (Å²) in [5.74, 6) is 0.878. The molecule has 0 saturated carbocycles. The van der Waals surface area contributed by atoms with E-state index in [0.29, 0.717) is 18.3 Å². The zero-order valence-electron chi connectivity index (χ0n) is 18.9. The summed E-state index contributed by atoms with van der Waals surface area (Å²) in [6, 6.07) is 4.18. The van der Waals surface area contributed by atoms with E-state index in [2.05, 4.69) is 36.5 Å². The molecule has 0 bridgehead atoms. The number of amides is 1. The monoisotopic (exact) mass is 409 g/mol. The van der Waals surface area contributed by atoms with Crippen molar-refractivity contribution in [2.24, 2.45) is 0 Å². The third-order valence-corrected chi connectivity index (χ3v) is 5.47. The third-order valence-electron chi connectivity index (χ3n) is 5.47. The van der Waals surface area contributed by atoms with Crippen LogP contribution in [0.4, 0.5) is 0 Å². The highest BCUT2D eigenvalue weighted by molar-refractivity contribution is 5.81. The second kappa shape index (κ2) is 8.81. The predicted molar refractivity (Wildman–Crippen MR) is 119 cm³/mol. The Morgan fingerprint density at radius 2 is 1.93 bits per heavy atom. The summed E-state index contributed by atoms with van der Waals surface area (Å²) in [5.41, 5.74) is 6.17. The Morgan fingerprint density at radius 3 is 2.53 bits per heavy atom. The van der Waals surface area contributed by atoms with Crippen LogP contribution in [0.25, 0.3) is 22.4 Å². The van der Waals surface area contributed by atoms with E-state index in [-0.39, 0.29) is 6.04 Å². The molecule has 0 fully saturated rings. The average Bonchev–Trinajstić information content (AvgIpc) is 3.05. The predicted octanol–water partition coefficient (Wildman–Crippen LogP) is 4.28. The number of carbonyl (C=O) groups excluding carboxylic acids is 1. The molecule has 0 unspecified atom stereocenters. The van der Waals surface area contributed by atoms with Crippen molar-refractivity contribution in [3.8, 4) is 17.1 Å². The standard InChI is InChI=1S/C23H31N5O2/c1-8-17(12-27(6)13-29)28-11-15(4)20-22(28)24-16(5)21(26-20)18-9-10-19(14(2)3)25-23(18)30-7/h9-11,13-14,17H,8,12H2,1-7H3/t17-/m0/s1. The van der Waals surface area contributed by atoms with Gasteiger partial charge in [0, 0.05) is 25.5 Å². The van der Waals surface area contributed by atoms with Crippen LogP contribution in [0.3, 0.4) is 0 Å².